The summed E-state index contributed by atoms with van der Waals surface area (Å²) in [5.74, 6) is 0.251. The first-order valence-corrected chi connectivity index (χ1v) is 8.07. The summed E-state index contributed by atoms with van der Waals surface area (Å²) in [5, 5.41) is 4.36. The third-order valence-corrected chi connectivity index (χ3v) is 5.13. The highest BCUT2D eigenvalue weighted by Crippen LogP contribution is 2.26. The van der Waals surface area contributed by atoms with Gasteiger partial charge < -0.3 is 0 Å². The maximum absolute atomic E-state index is 11.5. The molecule has 20 heavy (non-hydrogen) atoms. The first-order valence-electron chi connectivity index (χ1n) is 6.25. The predicted octanol–water partition coefficient (Wildman–Crippen LogP) is 1.12. The molecule has 1 fully saturated rings. The van der Waals surface area contributed by atoms with Crippen LogP contribution in [0.15, 0.2) is 30.6 Å². The highest BCUT2D eigenvalue weighted by atomic mass is 32.2. The van der Waals surface area contributed by atoms with Crippen LogP contribution in [0, 0.1) is 0 Å². The van der Waals surface area contributed by atoms with E-state index in [1.165, 1.54) is 0 Å². The Hall–Kier alpha value is -2.02. The standard InChI is InChI=1S/C13H13N3O3S/c17-8-10-7-16(11-4-6-20(18,19)9-11)15-13(10)12-3-1-2-5-14-12/h1-3,5,7-8,11H,4,6,9H2. The van der Waals surface area contributed by atoms with Crippen molar-refractivity contribution >= 4 is 16.1 Å². The van der Waals surface area contributed by atoms with Crippen molar-refractivity contribution < 1.29 is 13.2 Å². The van der Waals surface area contributed by atoms with Crippen molar-refractivity contribution in [1.29, 1.82) is 0 Å². The molecule has 7 heteroatoms. The molecule has 6 nitrogen and oxygen atoms in total. The minimum absolute atomic E-state index is 0.0780. The van der Waals surface area contributed by atoms with Gasteiger partial charge in [0.1, 0.15) is 5.69 Å². The van der Waals surface area contributed by atoms with Crippen LogP contribution in [0.1, 0.15) is 22.8 Å². The molecule has 3 rings (SSSR count). The largest absolute Gasteiger partial charge is 0.298 e. The van der Waals surface area contributed by atoms with Gasteiger partial charge in [0.15, 0.2) is 16.1 Å². The maximum Gasteiger partial charge on any atom is 0.153 e. The van der Waals surface area contributed by atoms with E-state index < -0.39 is 9.84 Å². The molecule has 1 saturated heterocycles. The molecule has 3 heterocycles. The number of hydrogen-bond donors (Lipinski definition) is 0. The Labute approximate surface area is 116 Å². The van der Waals surface area contributed by atoms with Crippen molar-refractivity contribution in [2.24, 2.45) is 0 Å². The van der Waals surface area contributed by atoms with E-state index in [-0.39, 0.29) is 17.5 Å². The molecule has 104 valence electrons. The highest BCUT2D eigenvalue weighted by Gasteiger charge is 2.30. The number of nitrogens with zero attached hydrogens (tertiary/aromatic N) is 3. The summed E-state index contributed by atoms with van der Waals surface area (Å²) in [5.41, 5.74) is 1.52. The van der Waals surface area contributed by atoms with E-state index >= 15 is 0 Å². The third-order valence-electron chi connectivity index (χ3n) is 3.38. The van der Waals surface area contributed by atoms with E-state index in [4.69, 9.17) is 0 Å². The van der Waals surface area contributed by atoms with E-state index in [2.05, 4.69) is 10.1 Å². The zero-order chi connectivity index (χ0) is 14.2. The Balaban J connectivity index is 2.00. The van der Waals surface area contributed by atoms with E-state index in [0.717, 1.165) is 6.29 Å². The number of carbonyl (C=O) groups is 1. The summed E-state index contributed by atoms with van der Waals surface area (Å²) in [7, 11) is -2.98. The van der Waals surface area contributed by atoms with Gasteiger partial charge >= 0.3 is 0 Å². The second-order valence-corrected chi connectivity index (χ2v) is 7.03. The molecule has 0 saturated carbocycles. The fraction of sp³-hybridized carbons (Fsp3) is 0.308. The van der Waals surface area contributed by atoms with Crippen molar-refractivity contribution in [3.8, 4) is 11.4 Å². The van der Waals surface area contributed by atoms with Gasteiger partial charge in [-0.25, -0.2) is 8.42 Å². The van der Waals surface area contributed by atoms with Gasteiger partial charge in [-0.2, -0.15) is 5.10 Å². The van der Waals surface area contributed by atoms with E-state index in [1.807, 2.05) is 6.07 Å². The molecular weight excluding hydrogens is 278 g/mol. The van der Waals surface area contributed by atoms with Crippen molar-refractivity contribution in [3.63, 3.8) is 0 Å². The second kappa shape index (κ2) is 4.82. The van der Waals surface area contributed by atoms with E-state index in [1.54, 1.807) is 29.2 Å². The lowest BCUT2D eigenvalue weighted by molar-refractivity contribution is 0.112. The first kappa shape index (κ1) is 13.0. The number of hydrogen-bond acceptors (Lipinski definition) is 5. The van der Waals surface area contributed by atoms with Gasteiger partial charge in [0.25, 0.3) is 0 Å². The molecule has 0 aromatic carbocycles. The van der Waals surface area contributed by atoms with Crippen LogP contribution in [0.5, 0.6) is 0 Å². The maximum atomic E-state index is 11.5. The molecule has 1 atom stereocenters. The fourth-order valence-corrected chi connectivity index (χ4v) is 4.07. The summed E-state index contributed by atoms with van der Waals surface area (Å²) in [6.45, 7) is 0. The van der Waals surface area contributed by atoms with Gasteiger partial charge in [0.05, 0.1) is 28.8 Å². The second-order valence-electron chi connectivity index (χ2n) is 4.80. The van der Waals surface area contributed by atoms with Crippen LogP contribution in [0.25, 0.3) is 11.4 Å². The Bertz CT molecular complexity index is 737. The Kier molecular flexibility index (Phi) is 3.13. The number of sulfone groups is 1. The van der Waals surface area contributed by atoms with Crippen LogP contribution in [-0.4, -0.2) is 41.0 Å². The summed E-state index contributed by atoms with van der Waals surface area (Å²) in [6, 6.07) is 5.17. The Morgan fingerprint density at radius 1 is 1.35 bits per heavy atom. The average Bonchev–Trinajstić information content (AvgIpc) is 3.02. The van der Waals surface area contributed by atoms with E-state index in [0.29, 0.717) is 23.4 Å². The van der Waals surface area contributed by atoms with Gasteiger partial charge in [-0.3, -0.25) is 14.5 Å². The van der Waals surface area contributed by atoms with Crippen LogP contribution in [0.4, 0.5) is 0 Å². The molecule has 2 aromatic heterocycles. The van der Waals surface area contributed by atoms with Gasteiger partial charge in [-0.05, 0) is 18.6 Å². The van der Waals surface area contributed by atoms with Crippen LogP contribution in [0.2, 0.25) is 0 Å². The monoisotopic (exact) mass is 291 g/mol. The van der Waals surface area contributed by atoms with Crippen molar-refractivity contribution in [1.82, 2.24) is 14.8 Å². The molecule has 0 radical (unpaired) electrons. The minimum Gasteiger partial charge on any atom is -0.298 e. The highest BCUT2D eigenvalue weighted by molar-refractivity contribution is 7.91. The summed E-state index contributed by atoms with van der Waals surface area (Å²) >= 11 is 0. The summed E-state index contributed by atoms with van der Waals surface area (Å²) in [4.78, 5) is 15.3. The molecule has 0 aliphatic carbocycles. The predicted molar refractivity (Wildman–Crippen MR) is 73.2 cm³/mol. The molecule has 0 bridgehead atoms. The van der Waals surface area contributed by atoms with Gasteiger partial charge in [-0.15, -0.1) is 0 Å². The van der Waals surface area contributed by atoms with E-state index in [9.17, 15) is 13.2 Å². The average molecular weight is 291 g/mol. The lowest BCUT2D eigenvalue weighted by atomic mass is 10.2. The van der Waals surface area contributed by atoms with Crippen LogP contribution < -0.4 is 0 Å². The molecular formula is C13H13N3O3S. The number of aldehydes is 1. The molecule has 0 spiro atoms. The zero-order valence-electron chi connectivity index (χ0n) is 10.6. The Morgan fingerprint density at radius 2 is 2.20 bits per heavy atom. The fourth-order valence-electron chi connectivity index (χ4n) is 2.36. The lowest BCUT2D eigenvalue weighted by Crippen LogP contribution is -2.11. The molecule has 1 aliphatic rings. The van der Waals surface area contributed by atoms with Gasteiger partial charge in [0.2, 0.25) is 0 Å². The van der Waals surface area contributed by atoms with Gasteiger partial charge in [-0.1, -0.05) is 6.07 Å². The van der Waals surface area contributed by atoms with Gasteiger partial charge in [0, 0.05) is 12.4 Å². The van der Waals surface area contributed by atoms with Crippen molar-refractivity contribution in [2.45, 2.75) is 12.5 Å². The molecule has 2 aromatic rings. The summed E-state index contributed by atoms with van der Waals surface area (Å²) < 4.78 is 24.6. The van der Waals surface area contributed by atoms with Crippen LogP contribution in [0.3, 0.4) is 0 Å². The van der Waals surface area contributed by atoms with Crippen molar-refractivity contribution in [3.05, 3.63) is 36.2 Å². The molecule has 0 amide bonds. The lowest BCUT2D eigenvalue weighted by Gasteiger charge is -2.07. The molecule has 0 N–H and O–H groups in total. The Morgan fingerprint density at radius 3 is 2.80 bits per heavy atom. The smallest absolute Gasteiger partial charge is 0.153 e. The normalized spacial score (nSPS) is 20.9. The minimum atomic E-state index is -2.98. The van der Waals surface area contributed by atoms with Crippen LogP contribution >= 0.6 is 0 Å². The quantitative estimate of drug-likeness (QED) is 0.791. The number of pyridine rings is 1. The number of aromatic nitrogens is 3. The third kappa shape index (κ3) is 2.36. The zero-order valence-corrected chi connectivity index (χ0v) is 11.5. The van der Waals surface area contributed by atoms with Crippen molar-refractivity contribution in [2.75, 3.05) is 11.5 Å². The number of carbonyl (C=O) groups excluding carboxylic acids is 1. The topological polar surface area (TPSA) is 81.9 Å². The summed E-state index contributed by atoms with van der Waals surface area (Å²) in [6.07, 6.45) is 4.48. The molecule has 1 aliphatic heterocycles. The van der Waals surface area contributed by atoms with Crippen LogP contribution in [-0.2, 0) is 9.84 Å². The SMILES string of the molecule is O=Cc1cn(C2CCS(=O)(=O)C2)nc1-c1ccccn1. The number of rotatable bonds is 3. The molecule has 1 unspecified atom stereocenters. The first-order chi connectivity index (χ1) is 9.59.